The summed E-state index contributed by atoms with van der Waals surface area (Å²) in [6.45, 7) is 0.901. The largest absolute Gasteiger partial charge is 0.494 e. The Kier molecular flexibility index (Phi) is 6.87. The number of amides is 1. The van der Waals surface area contributed by atoms with Gasteiger partial charge in [0.2, 0.25) is 0 Å². The van der Waals surface area contributed by atoms with E-state index < -0.39 is 0 Å². The van der Waals surface area contributed by atoms with Crippen LogP contribution in [-0.2, 0) is 4.79 Å². The predicted octanol–water partition coefficient (Wildman–Crippen LogP) is 3.55. The van der Waals surface area contributed by atoms with Crippen LogP contribution in [0.25, 0.3) is 0 Å². The molecule has 0 bridgehead atoms. The van der Waals surface area contributed by atoms with E-state index in [-0.39, 0.29) is 18.3 Å². The third kappa shape index (κ3) is 6.28. The van der Waals surface area contributed by atoms with Crippen LogP contribution in [0.3, 0.4) is 0 Å². The van der Waals surface area contributed by atoms with Crippen LogP contribution in [0, 0.1) is 5.82 Å². The number of ether oxygens (including phenoxy) is 2. The summed E-state index contributed by atoms with van der Waals surface area (Å²) in [4.78, 5) is 11.7. The van der Waals surface area contributed by atoms with Crippen molar-refractivity contribution < 1.29 is 18.7 Å². The molecule has 2 rings (SSSR count). The van der Waals surface area contributed by atoms with E-state index in [0.717, 1.165) is 5.75 Å². The van der Waals surface area contributed by atoms with E-state index in [0.29, 0.717) is 29.8 Å². The van der Waals surface area contributed by atoms with Gasteiger partial charge in [-0.15, -0.1) is 0 Å². The monoisotopic (exact) mass is 381 g/mol. The van der Waals surface area contributed by atoms with E-state index in [1.807, 2.05) is 30.3 Å². The second kappa shape index (κ2) is 9.15. The fourth-order valence-electron chi connectivity index (χ4n) is 1.79. The van der Waals surface area contributed by atoms with Gasteiger partial charge in [-0.05, 0) is 52.7 Å². The molecule has 122 valence electrons. The summed E-state index contributed by atoms with van der Waals surface area (Å²) in [5, 5.41) is 2.74. The molecular formula is C17H17BrFNO3. The van der Waals surface area contributed by atoms with Crippen molar-refractivity contribution >= 4 is 21.8 Å². The summed E-state index contributed by atoms with van der Waals surface area (Å²) in [5.74, 6) is 0.630. The Morgan fingerprint density at radius 2 is 1.91 bits per heavy atom. The number of rotatable bonds is 8. The first kappa shape index (κ1) is 17.3. The molecule has 0 heterocycles. The smallest absolute Gasteiger partial charge is 0.257 e. The molecule has 2 aromatic carbocycles. The van der Waals surface area contributed by atoms with Crippen LogP contribution in [0.1, 0.15) is 6.42 Å². The molecule has 1 amide bonds. The molecule has 0 aliphatic heterocycles. The minimum atomic E-state index is -0.368. The molecule has 0 aliphatic rings. The van der Waals surface area contributed by atoms with Crippen molar-refractivity contribution in [1.82, 2.24) is 5.32 Å². The lowest BCUT2D eigenvalue weighted by atomic mass is 10.3. The Bertz CT molecular complexity index is 637. The van der Waals surface area contributed by atoms with Crippen molar-refractivity contribution in [2.24, 2.45) is 0 Å². The van der Waals surface area contributed by atoms with Crippen LogP contribution in [0.4, 0.5) is 4.39 Å². The van der Waals surface area contributed by atoms with Gasteiger partial charge in [-0.3, -0.25) is 4.79 Å². The SMILES string of the molecule is O=C(COc1ccc(F)cc1Br)NCCCOc1ccccc1. The predicted molar refractivity (Wildman–Crippen MR) is 89.2 cm³/mol. The zero-order valence-electron chi connectivity index (χ0n) is 12.4. The van der Waals surface area contributed by atoms with Crippen LogP contribution in [0.5, 0.6) is 11.5 Å². The Morgan fingerprint density at radius 3 is 2.65 bits per heavy atom. The maximum absolute atomic E-state index is 12.9. The first-order valence-corrected chi connectivity index (χ1v) is 7.97. The molecule has 1 N–H and O–H groups in total. The number of para-hydroxylation sites is 1. The van der Waals surface area contributed by atoms with Crippen LogP contribution in [0.15, 0.2) is 53.0 Å². The summed E-state index contributed by atoms with van der Waals surface area (Å²) >= 11 is 3.18. The van der Waals surface area contributed by atoms with Crippen LogP contribution in [-0.4, -0.2) is 25.7 Å². The lowest BCUT2D eigenvalue weighted by Crippen LogP contribution is -2.30. The lowest BCUT2D eigenvalue weighted by molar-refractivity contribution is -0.123. The van der Waals surface area contributed by atoms with E-state index in [2.05, 4.69) is 21.2 Å². The van der Waals surface area contributed by atoms with E-state index in [1.54, 1.807) is 0 Å². The van der Waals surface area contributed by atoms with Gasteiger partial charge in [0.25, 0.3) is 5.91 Å². The van der Waals surface area contributed by atoms with E-state index in [4.69, 9.17) is 9.47 Å². The Morgan fingerprint density at radius 1 is 1.13 bits per heavy atom. The quantitative estimate of drug-likeness (QED) is 0.711. The van der Waals surface area contributed by atoms with Gasteiger partial charge in [0.1, 0.15) is 17.3 Å². The average molecular weight is 382 g/mol. The molecule has 0 saturated carbocycles. The highest BCUT2D eigenvalue weighted by Gasteiger charge is 2.06. The first-order valence-electron chi connectivity index (χ1n) is 7.17. The molecule has 0 saturated heterocycles. The standard InChI is InChI=1S/C17H17BrFNO3/c18-15-11-13(19)7-8-16(15)23-12-17(21)20-9-4-10-22-14-5-2-1-3-6-14/h1-3,5-8,11H,4,9-10,12H2,(H,20,21). The highest BCUT2D eigenvalue weighted by Crippen LogP contribution is 2.25. The number of halogens is 2. The third-order valence-corrected chi connectivity index (χ3v) is 3.53. The van der Waals surface area contributed by atoms with Gasteiger partial charge in [0.05, 0.1) is 11.1 Å². The van der Waals surface area contributed by atoms with Crippen molar-refractivity contribution in [2.45, 2.75) is 6.42 Å². The molecule has 4 nitrogen and oxygen atoms in total. The summed E-state index contributed by atoms with van der Waals surface area (Å²) in [6.07, 6.45) is 0.695. The Labute approximate surface area is 142 Å². The molecule has 2 aromatic rings. The Balaban J connectivity index is 1.60. The Hall–Kier alpha value is -2.08. The van der Waals surface area contributed by atoms with Gasteiger partial charge in [-0.1, -0.05) is 18.2 Å². The number of hydrogen-bond acceptors (Lipinski definition) is 3. The van der Waals surface area contributed by atoms with Gasteiger partial charge in [-0.25, -0.2) is 4.39 Å². The van der Waals surface area contributed by atoms with Gasteiger partial charge < -0.3 is 14.8 Å². The van der Waals surface area contributed by atoms with E-state index >= 15 is 0 Å². The second-order valence-electron chi connectivity index (χ2n) is 4.73. The number of nitrogens with one attached hydrogen (secondary N) is 1. The van der Waals surface area contributed by atoms with Crippen LogP contribution in [0.2, 0.25) is 0 Å². The number of hydrogen-bond donors (Lipinski definition) is 1. The van der Waals surface area contributed by atoms with Crippen LogP contribution < -0.4 is 14.8 Å². The minimum absolute atomic E-state index is 0.121. The van der Waals surface area contributed by atoms with Crippen molar-refractivity contribution in [3.8, 4) is 11.5 Å². The number of benzene rings is 2. The zero-order valence-corrected chi connectivity index (χ0v) is 14.0. The zero-order chi connectivity index (χ0) is 16.5. The summed E-state index contributed by atoms with van der Waals surface area (Å²) < 4.78 is 24.2. The first-order chi connectivity index (χ1) is 11.1. The molecule has 6 heteroatoms. The van der Waals surface area contributed by atoms with Gasteiger partial charge >= 0.3 is 0 Å². The highest BCUT2D eigenvalue weighted by atomic mass is 79.9. The fourth-order valence-corrected chi connectivity index (χ4v) is 2.26. The number of carbonyl (C=O) groups is 1. The second-order valence-corrected chi connectivity index (χ2v) is 5.58. The van der Waals surface area contributed by atoms with Crippen molar-refractivity contribution in [3.05, 3.63) is 58.8 Å². The maximum atomic E-state index is 12.9. The summed E-state index contributed by atoms with van der Waals surface area (Å²) in [6, 6.07) is 13.5. The van der Waals surface area contributed by atoms with Gasteiger partial charge in [0, 0.05) is 6.54 Å². The number of carbonyl (C=O) groups excluding carboxylic acids is 1. The average Bonchev–Trinajstić information content (AvgIpc) is 2.54. The van der Waals surface area contributed by atoms with Crippen molar-refractivity contribution in [3.63, 3.8) is 0 Å². The maximum Gasteiger partial charge on any atom is 0.257 e. The molecule has 0 aliphatic carbocycles. The summed E-state index contributed by atoms with van der Waals surface area (Å²) in [7, 11) is 0. The fraction of sp³-hybridized carbons (Fsp3) is 0.235. The van der Waals surface area contributed by atoms with Crippen molar-refractivity contribution in [2.75, 3.05) is 19.8 Å². The van der Waals surface area contributed by atoms with Gasteiger partial charge in [0.15, 0.2) is 6.61 Å². The highest BCUT2D eigenvalue weighted by molar-refractivity contribution is 9.10. The molecular weight excluding hydrogens is 365 g/mol. The molecule has 23 heavy (non-hydrogen) atoms. The normalized spacial score (nSPS) is 10.2. The van der Waals surface area contributed by atoms with Gasteiger partial charge in [-0.2, -0.15) is 0 Å². The minimum Gasteiger partial charge on any atom is -0.494 e. The topological polar surface area (TPSA) is 47.6 Å². The van der Waals surface area contributed by atoms with Crippen molar-refractivity contribution in [1.29, 1.82) is 0 Å². The summed E-state index contributed by atoms with van der Waals surface area (Å²) in [5.41, 5.74) is 0. The third-order valence-electron chi connectivity index (χ3n) is 2.91. The lowest BCUT2D eigenvalue weighted by Gasteiger charge is -2.09. The van der Waals surface area contributed by atoms with E-state index in [1.165, 1.54) is 18.2 Å². The molecule has 0 fully saturated rings. The van der Waals surface area contributed by atoms with Crippen LogP contribution >= 0.6 is 15.9 Å². The molecule has 0 spiro atoms. The van der Waals surface area contributed by atoms with E-state index in [9.17, 15) is 9.18 Å². The molecule has 0 atom stereocenters. The molecule has 0 radical (unpaired) electrons. The molecule has 0 unspecified atom stereocenters. The molecule has 0 aromatic heterocycles.